The number of carbonyl (C=O) groups excluding carboxylic acids is 2. The zero-order chi connectivity index (χ0) is 13.4. The van der Waals surface area contributed by atoms with Gasteiger partial charge in [0.25, 0.3) is 0 Å². The van der Waals surface area contributed by atoms with Crippen LogP contribution in [-0.2, 0) is 4.79 Å². The van der Waals surface area contributed by atoms with Gasteiger partial charge in [-0.2, -0.15) is 0 Å². The van der Waals surface area contributed by atoms with Crippen molar-refractivity contribution < 1.29 is 9.59 Å². The molecule has 0 atom stereocenters. The fraction of sp³-hybridized carbons (Fsp3) is 0.571. The molecule has 1 heterocycles. The molecule has 0 aliphatic carbocycles. The van der Waals surface area contributed by atoms with Crippen LogP contribution in [0.25, 0.3) is 0 Å². The smallest absolute Gasteiger partial charge is 0.223 e. The van der Waals surface area contributed by atoms with Crippen molar-refractivity contribution in [2.24, 2.45) is 0 Å². The van der Waals surface area contributed by atoms with Crippen LogP contribution < -0.4 is 0 Å². The molecule has 0 aliphatic rings. The second kappa shape index (κ2) is 8.03. The molecule has 4 heteroatoms. The summed E-state index contributed by atoms with van der Waals surface area (Å²) in [5.74, 6) is 0.176. The molecule has 1 aromatic heterocycles. The molecule has 100 valence electrons. The van der Waals surface area contributed by atoms with Gasteiger partial charge in [-0.3, -0.25) is 9.59 Å². The van der Waals surface area contributed by atoms with Crippen molar-refractivity contribution in [3.63, 3.8) is 0 Å². The summed E-state index contributed by atoms with van der Waals surface area (Å²) in [5.41, 5.74) is 0. The molecule has 0 fully saturated rings. The Morgan fingerprint density at radius 3 is 2.33 bits per heavy atom. The first-order valence-electron chi connectivity index (χ1n) is 6.53. The lowest BCUT2D eigenvalue weighted by Crippen LogP contribution is -2.32. The molecule has 0 aromatic carbocycles. The molecule has 0 radical (unpaired) electrons. The standard InChI is InChI=1S/C14H21NO2S/c1-3-9-15(10-4-2)14(17)8-7-12(16)13-6-5-11-18-13/h5-6,11H,3-4,7-10H2,1-2H3. The van der Waals surface area contributed by atoms with E-state index in [1.807, 2.05) is 22.4 Å². The van der Waals surface area contributed by atoms with E-state index >= 15 is 0 Å². The largest absolute Gasteiger partial charge is 0.343 e. The van der Waals surface area contributed by atoms with Crippen molar-refractivity contribution in [1.29, 1.82) is 0 Å². The van der Waals surface area contributed by atoms with Gasteiger partial charge in [0.1, 0.15) is 0 Å². The number of rotatable bonds is 8. The van der Waals surface area contributed by atoms with Crippen LogP contribution in [0.15, 0.2) is 17.5 Å². The van der Waals surface area contributed by atoms with Crippen molar-refractivity contribution in [3.05, 3.63) is 22.4 Å². The molecule has 0 bridgehead atoms. The van der Waals surface area contributed by atoms with Crippen LogP contribution >= 0.6 is 11.3 Å². The number of hydrogen-bond acceptors (Lipinski definition) is 3. The van der Waals surface area contributed by atoms with Crippen molar-refractivity contribution in [3.8, 4) is 0 Å². The summed E-state index contributed by atoms with van der Waals surface area (Å²) in [6.45, 7) is 5.71. The Balaban J connectivity index is 2.41. The van der Waals surface area contributed by atoms with E-state index in [0.717, 1.165) is 30.8 Å². The third-order valence-electron chi connectivity index (χ3n) is 2.70. The fourth-order valence-electron chi connectivity index (χ4n) is 1.84. The summed E-state index contributed by atoms with van der Waals surface area (Å²) in [6, 6.07) is 3.67. The molecule has 3 nitrogen and oxygen atoms in total. The van der Waals surface area contributed by atoms with E-state index in [1.54, 1.807) is 0 Å². The maximum Gasteiger partial charge on any atom is 0.223 e. The highest BCUT2D eigenvalue weighted by Gasteiger charge is 2.14. The van der Waals surface area contributed by atoms with Gasteiger partial charge in [0.2, 0.25) is 5.91 Å². The number of carbonyl (C=O) groups is 2. The molecule has 0 aliphatic heterocycles. The second-order valence-corrected chi connectivity index (χ2v) is 5.23. The number of Topliss-reactive ketones (excluding diaryl/α,β-unsaturated/α-hetero) is 1. The zero-order valence-electron chi connectivity index (χ0n) is 11.1. The monoisotopic (exact) mass is 267 g/mol. The van der Waals surface area contributed by atoms with E-state index in [2.05, 4.69) is 13.8 Å². The summed E-state index contributed by atoms with van der Waals surface area (Å²) in [7, 11) is 0. The van der Waals surface area contributed by atoms with Crippen molar-refractivity contribution in [1.82, 2.24) is 4.90 Å². The van der Waals surface area contributed by atoms with Crippen molar-refractivity contribution in [2.75, 3.05) is 13.1 Å². The van der Waals surface area contributed by atoms with Crippen LogP contribution in [-0.4, -0.2) is 29.7 Å². The average molecular weight is 267 g/mol. The molecule has 1 amide bonds. The Morgan fingerprint density at radius 1 is 1.17 bits per heavy atom. The second-order valence-electron chi connectivity index (χ2n) is 4.28. The first-order chi connectivity index (χ1) is 8.69. The highest BCUT2D eigenvalue weighted by Crippen LogP contribution is 2.13. The highest BCUT2D eigenvalue weighted by atomic mass is 32.1. The first-order valence-corrected chi connectivity index (χ1v) is 7.41. The van der Waals surface area contributed by atoms with Crippen molar-refractivity contribution in [2.45, 2.75) is 39.5 Å². The topological polar surface area (TPSA) is 37.4 Å². The van der Waals surface area contributed by atoms with Gasteiger partial charge in [-0.15, -0.1) is 11.3 Å². The predicted molar refractivity (Wildman–Crippen MR) is 75.0 cm³/mol. The van der Waals surface area contributed by atoms with Gasteiger partial charge in [0.05, 0.1) is 4.88 Å². The molecule has 0 N–H and O–H groups in total. The molecule has 0 spiro atoms. The lowest BCUT2D eigenvalue weighted by molar-refractivity contribution is -0.131. The van der Waals surface area contributed by atoms with E-state index in [4.69, 9.17) is 0 Å². The van der Waals surface area contributed by atoms with Gasteiger partial charge in [-0.05, 0) is 24.3 Å². The van der Waals surface area contributed by atoms with Gasteiger partial charge in [0.15, 0.2) is 5.78 Å². The minimum absolute atomic E-state index is 0.0753. The van der Waals surface area contributed by atoms with Crippen LogP contribution in [0.2, 0.25) is 0 Å². The maximum atomic E-state index is 12.0. The van der Waals surface area contributed by atoms with Gasteiger partial charge < -0.3 is 4.90 Å². The Labute approximate surface area is 113 Å². The average Bonchev–Trinajstić information content (AvgIpc) is 2.89. The maximum absolute atomic E-state index is 12.0. The summed E-state index contributed by atoms with van der Waals surface area (Å²) < 4.78 is 0. The number of thiophene rings is 1. The zero-order valence-corrected chi connectivity index (χ0v) is 12.0. The lowest BCUT2D eigenvalue weighted by Gasteiger charge is -2.21. The van der Waals surface area contributed by atoms with Crippen LogP contribution in [0.4, 0.5) is 0 Å². The van der Waals surface area contributed by atoms with Crippen LogP contribution in [0.1, 0.15) is 49.2 Å². The Morgan fingerprint density at radius 2 is 1.83 bits per heavy atom. The molecular formula is C14H21NO2S. The molecule has 0 unspecified atom stereocenters. The van der Waals surface area contributed by atoms with E-state index in [0.29, 0.717) is 12.8 Å². The number of amides is 1. The minimum atomic E-state index is 0.0753. The van der Waals surface area contributed by atoms with Crippen LogP contribution in [0, 0.1) is 0 Å². The summed E-state index contributed by atoms with van der Waals surface area (Å²) in [6.07, 6.45) is 2.58. The van der Waals surface area contributed by atoms with Gasteiger partial charge in [0, 0.05) is 25.9 Å². The van der Waals surface area contributed by atoms with Gasteiger partial charge in [-0.25, -0.2) is 0 Å². The van der Waals surface area contributed by atoms with Crippen molar-refractivity contribution >= 4 is 23.0 Å². The summed E-state index contributed by atoms with van der Waals surface area (Å²) in [4.78, 5) is 26.4. The highest BCUT2D eigenvalue weighted by molar-refractivity contribution is 7.12. The first kappa shape index (κ1) is 14.9. The molecule has 0 saturated carbocycles. The molecule has 1 rings (SSSR count). The lowest BCUT2D eigenvalue weighted by atomic mass is 10.1. The Kier molecular flexibility index (Phi) is 6.65. The van der Waals surface area contributed by atoms with E-state index in [1.165, 1.54) is 11.3 Å². The normalized spacial score (nSPS) is 10.3. The molecule has 0 saturated heterocycles. The van der Waals surface area contributed by atoms with Crippen LogP contribution in [0.5, 0.6) is 0 Å². The number of ketones is 1. The Hall–Kier alpha value is -1.16. The summed E-state index contributed by atoms with van der Waals surface area (Å²) >= 11 is 1.44. The third kappa shape index (κ3) is 4.61. The Bertz CT molecular complexity index is 367. The molecule has 18 heavy (non-hydrogen) atoms. The third-order valence-corrected chi connectivity index (χ3v) is 3.61. The van der Waals surface area contributed by atoms with E-state index in [-0.39, 0.29) is 11.7 Å². The van der Waals surface area contributed by atoms with E-state index in [9.17, 15) is 9.59 Å². The number of nitrogens with zero attached hydrogens (tertiary/aromatic N) is 1. The van der Waals surface area contributed by atoms with Gasteiger partial charge in [-0.1, -0.05) is 19.9 Å². The van der Waals surface area contributed by atoms with E-state index < -0.39 is 0 Å². The fourth-order valence-corrected chi connectivity index (χ4v) is 2.53. The van der Waals surface area contributed by atoms with Gasteiger partial charge >= 0.3 is 0 Å². The number of hydrogen-bond donors (Lipinski definition) is 0. The quantitative estimate of drug-likeness (QED) is 0.677. The molecule has 1 aromatic rings. The SMILES string of the molecule is CCCN(CCC)C(=O)CCC(=O)c1cccs1. The minimum Gasteiger partial charge on any atom is -0.343 e. The summed E-state index contributed by atoms with van der Waals surface area (Å²) in [5, 5.41) is 1.88. The van der Waals surface area contributed by atoms with Crippen LogP contribution in [0.3, 0.4) is 0 Å². The molecular weight excluding hydrogens is 246 g/mol. The predicted octanol–water partition coefficient (Wildman–Crippen LogP) is 3.36.